The molecule has 8 aromatic rings. The molecular formula is C37H23N3. The van der Waals surface area contributed by atoms with Crippen molar-refractivity contribution in [1.29, 1.82) is 0 Å². The number of aromatic nitrogens is 3. The van der Waals surface area contributed by atoms with Crippen molar-refractivity contribution in [2.75, 3.05) is 0 Å². The highest BCUT2D eigenvalue weighted by atomic mass is 14.7. The van der Waals surface area contributed by atoms with Gasteiger partial charge in [0, 0.05) is 45.2 Å². The van der Waals surface area contributed by atoms with Crippen LogP contribution in [0.2, 0.25) is 0 Å². The van der Waals surface area contributed by atoms with Gasteiger partial charge >= 0.3 is 0 Å². The van der Waals surface area contributed by atoms with Crippen molar-refractivity contribution in [3.63, 3.8) is 0 Å². The standard InChI is InChI=1S/C37H23N3/c1-3-12-29-27(10-1)28-11-2-4-13-30(28)36-35(29)31-14-5-6-15-34(31)40-37(36)25-20-18-24(19-21-25)32-16-7-17-33(39-32)26-9-8-22-38-23-26/h1-23H. The Labute approximate surface area is 231 Å². The summed E-state index contributed by atoms with van der Waals surface area (Å²) in [5, 5.41) is 8.61. The van der Waals surface area contributed by atoms with Crippen LogP contribution in [0.5, 0.6) is 0 Å². The summed E-state index contributed by atoms with van der Waals surface area (Å²) >= 11 is 0. The van der Waals surface area contributed by atoms with Gasteiger partial charge in [0.25, 0.3) is 0 Å². The highest BCUT2D eigenvalue weighted by Crippen LogP contribution is 2.42. The Hall–Kier alpha value is -5.41. The lowest BCUT2D eigenvalue weighted by atomic mass is 9.90. The van der Waals surface area contributed by atoms with Gasteiger partial charge in [-0.3, -0.25) is 4.98 Å². The van der Waals surface area contributed by atoms with E-state index in [-0.39, 0.29) is 0 Å². The summed E-state index contributed by atoms with van der Waals surface area (Å²) in [7, 11) is 0. The molecule has 0 N–H and O–H groups in total. The van der Waals surface area contributed by atoms with E-state index in [1.807, 2.05) is 30.5 Å². The summed E-state index contributed by atoms with van der Waals surface area (Å²) in [4.78, 5) is 14.4. The van der Waals surface area contributed by atoms with Crippen LogP contribution in [0.15, 0.2) is 140 Å². The molecule has 0 saturated carbocycles. The summed E-state index contributed by atoms with van der Waals surface area (Å²) in [5.74, 6) is 0. The van der Waals surface area contributed by atoms with E-state index in [0.717, 1.165) is 39.3 Å². The van der Waals surface area contributed by atoms with Gasteiger partial charge in [-0.1, -0.05) is 97.1 Å². The van der Waals surface area contributed by atoms with Crippen molar-refractivity contribution in [3.05, 3.63) is 140 Å². The zero-order chi connectivity index (χ0) is 26.5. The van der Waals surface area contributed by atoms with Gasteiger partial charge < -0.3 is 0 Å². The van der Waals surface area contributed by atoms with Crippen LogP contribution in [-0.4, -0.2) is 15.0 Å². The van der Waals surface area contributed by atoms with Gasteiger partial charge in [-0.05, 0) is 51.9 Å². The van der Waals surface area contributed by atoms with Crippen molar-refractivity contribution in [2.45, 2.75) is 0 Å². The number of benzene rings is 5. The van der Waals surface area contributed by atoms with Gasteiger partial charge in [-0.2, -0.15) is 0 Å². The highest BCUT2D eigenvalue weighted by Gasteiger charge is 2.17. The SMILES string of the molecule is c1cncc(-c2cccc(-c3ccc(-c4nc5ccccc5c5c6ccccc6c6ccccc6c45)cc3)n2)c1. The number of para-hydroxylation sites is 1. The third kappa shape index (κ3) is 3.56. The molecule has 8 rings (SSSR count). The van der Waals surface area contributed by atoms with E-state index in [9.17, 15) is 0 Å². The monoisotopic (exact) mass is 509 g/mol. The van der Waals surface area contributed by atoms with Gasteiger partial charge in [-0.15, -0.1) is 0 Å². The van der Waals surface area contributed by atoms with Crippen LogP contribution in [0.25, 0.3) is 77.0 Å². The fraction of sp³-hybridized carbons (Fsp3) is 0. The molecule has 186 valence electrons. The van der Waals surface area contributed by atoms with E-state index in [1.165, 1.54) is 37.7 Å². The second kappa shape index (κ2) is 9.11. The van der Waals surface area contributed by atoms with E-state index in [4.69, 9.17) is 9.97 Å². The van der Waals surface area contributed by atoms with Gasteiger partial charge in [0.2, 0.25) is 0 Å². The molecule has 0 spiro atoms. The zero-order valence-electron chi connectivity index (χ0n) is 21.6. The molecule has 0 unspecified atom stereocenters. The van der Waals surface area contributed by atoms with Crippen molar-refractivity contribution in [1.82, 2.24) is 15.0 Å². The number of hydrogen-bond acceptors (Lipinski definition) is 3. The first-order valence-corrected chi connectivity index (χ1v) is 13.5. The molecule has 3 aromatic heterocycles. The average molecular weight is 510 g/mol. The Morgan fingerprint density at radius 2 is 0.975 bits per heavy atom. The molecule has 0 aliphatic carbocycles. The van der Waals surface area contributed by atoms with E-state index in [2.05, 4.69) is 108 Å². The molecule has 0 aliphatic heterocycles. The Morgan fingerprint density at radius 1 is 0.375 bits per heavy atom. The summed E-state index contributed by atoms with van der Waals surface area (Å²) in [6.07, 6.45) is 3.63. The molecule has 40 heavy (non-hydrogen) atoms. The van der Waals surface area contributed by atoms with Crippen molar-refractivity contribution >= 4 is 43.2 Å². The number of rotatable bonds is 3. The molecule has 5 aromatic carbocycles. The van der Waals surface area contributed by atoms with E-state index in [0.29, 0.717) is 0 Å². The molecule has 0 aliphatic rings. The van der Waals surface area contributed by atoms with Crippen molar-refractivity contribution in [2.24, 2.45) is 0 Å². The second-order valence-corrected chi connectivity index (χ2v) is 10.0. The maximum absolute atomic E-state index is 5.26. The minimum atomic E-state index is 0.912. The number of nitrogens with zero attached hydrogens (tertiary/aromatic N) is 3. The minimum absolute atomic E-state index is 0.912. The lowest BCUT2D eigenvalue weighted by Gasteiger charge is -2.16. The van der Waals surface area contributed by atoms with Crippen LogP contribution in [-0.2, 0) is 0 Å². The van der Waals surface area contributed by atoms with E-state index >= 15 is 0 Å². The largest absolute Gasteiger partial charge is 0.264 e. The third-order valence-corrected chi connectivity index (χ3v) is 7.74. The van der Waals surface area contributed by atoms with E-state index in [1.54, 1.807) is 6.20 Å². The summed E-state index contributed by atoms with van der Waals surface area (Å²) in [6, 6.07) is 44.7. The molecule has 0 atom stereocenters. The fourth-order valence-electron chi connectivity index (χ4n) is 5.90. The predicted octanol–water partition coefficient (Wildman–Crippen LogP) is 9.49. The Kier molecular flexibility index (Phi) is 5.14. The summed E-state index contributed by atoms with van der Waals surface area (Å²) < 4.78 is 0. The Balaban J connectivity index is 1.36. The van der Waals surface area contributed by atoms with Crippen LogP contribution in [0.4, 0.5) is 0 Å². The first-order chi connectivity index (χ1) is 19.8. The Bertz CT molecular complexity index is 2200. The Morgan fingerprint density at radius 3 is 1.68 bits per heavy atom. The summed E-state index contributed by atoms with van der Waals surface area (Å²) in [6.45, 7) is 0. The quantitative estimate of drug-likeness (QED) is 0.223. The second-order valence-electron chi connectivity index (χ2n) is 10.0. The fourth-order valence-corrected chi connectivity index (χ4v) is 5.90. The van der Waals surface area contributed by atoms with Gasteiger partial charge in [-0.25, -0.2) is 9.97 Å². The number of fused-ring (bicyclic) bond motifs is 8. The average Bonchev–Trinajstić information content (AvgIpc) is 3.05. The van der Waals surface area contributed by atoms with Gasteiger partial charge in [0.1, 0.15) is 0 Å². The lowest BCUT2D eigenvalue weighted by Crippen LogP contribution is -1.93. The maximum atomic E-state index is 5.26. The molecule has 3 heteroatoms. The third-order valence-electron chi connectivity index (χ3n) is 7.74. The van der Waals surface area contributed by atoms with Crippen LogP contribution < -0.4 is 0 Å². The molecule has 0 amide bonds. The smallest absolute Gasteiger partial charge is 0.0794 e. The number of pyridine rings is 3. The van der Waals surface area contributed by atoms with Crippen LogP contribution in [0, 0.1) is 0 Å². The first kappa shape index (κ1) is 22.6. The van der Waals surface area contributed by atoms with Crippen LogP contribution in [0.3, 0.4) is 0 Å². The molecule has 3 nitrogen and oxygen atoms in total. The molecular weight excluding hydrogens is 486 g/mol. The zero-order valence-corrected chi connectivity index (χ0v) is 21.6. The molecule has 3 heterocycles. The van der Waals surface area contributed by atoms with Crippen LogP contribution in [0.1, 0.15) is 0 Å². The maximum Gasteiger partial charge on any atom is 0.0794 e. The van der Waals surface area contributed by atoms with Gasteiger partial charge in [0.05, 0.1) is 22.6 Å². The van der Waals surface area contributed by atoms with Gasteiger partial charge in [0.15, 0.2) is 0 Å². The normalized spacial score (nSPS) is 11.5. The number of hydrogen-bond donors (Lipinski definition) is 0. The lowest BCUT2D eigenvalue weighted by molar-refractivity contribution is 1.28. The minimum Gasteiger partial charge on any atom is -0.264 e. The van der Waals surface area contributed by atoms with Crippen molar-refractivity contribution < 1.29 is 0 Å². The topological polar surface area (TPSA) is 38.7 Å². The first-order valence-electron chi connectivity index (χ1n) is 13.5. The molecule has 0 fully saturated rings. The molecule has 0 bridgehead atoms. The van der Waals surface area contributed by atoms with E-state index < -0.39 is 0 Å². The highest BCUT2D eigenvalue weighted by molar-refractivity contribution is 6.33. The molecule has 0 saturated heterocycles. The molecule has 0 radical (unpaired) electrons. The van der Waals surface area contributed by atoms with Crippen LogP contribution >= 0.6 is 0 Å². The predicted molar refractivity (Wildman–Crippen MR) is 166 cm³/mol. The summed E-state index contributed by atoms with van der Waals surface area (Å²) in [5.41, 5.74) is 7.00. The van der Waals surface area contributed by atoms with Crippen molar-refractivity contribution in [3.8, 4) is 33.8 Å².